The summed E-state index contributed by atoms with van der Waals surface area (Å²) >= 11 is 3.31. The quantitative estimate of drug-likeness (QED) is 0.372. The van der Waals surface area contributed by atoms with Crippen LogP contribution in [-0.2, 0) is 26.2 Å². The van der Waals surface area contributed by atoms with E-state index < -0.39 is 40.2 Å². The van der Waals surface area contributed by atoms with Crippen LogP contribution in [0.2, 0.25) is 0 Å². The third-order valence-electron chi connectivity index (χ3n) is 6.02. The van der Waals surface area contributed by atoms with Gasteiger partial charge in [0.05, 0.1) is 22.2 Å². The molecule has 2 amide bonds. The molecule has 1 atom stereocenters. The lowest BCUT2D eigenvalue weighted by molar-refractivity contribution is -0.139. The number of ether oxygens (including phenoxy) is 1. The van der Waals surface area contributed by atoms with Crippen molar-refractivity contribution in [1.29, 1.82) is 0 Å². The Morgan fingerprint density at radius 2 is 1.74 bits per heavy atom. The third kappa shape index (κ3) is 6.51. The number of hydrogen-bond acceptors (Lipinski definition) is 5. The van der Waals surface area contributed by atoms with Crippen LogP contribution in [-0.4, -0.2) is 51.9 Å². The molecule has 202 valence electrons. The topological polar surface area (TPSA) is 96.0 Å². The van der Waals surface area contributed by atoms with E-state index in [1.807, 2.05) is 6.92 Å². The van der Waals surface area contributed by atoms with Gasteiger partial charge in [0.15, 0.2) is 0 Å². The number of benzene rings is 3. The minimum atomic E-state index is -4.25. The number of rotatable bonds is 10. The highest BCUT2D eigenvalue weighted by molar-refractivity contribution is 9.10. The monoisotopic (exact) mass is 605 g/mol. The SMILES string of the molecule is CNC(=O)C(C)N(Cc1ccccc1F)C(=O)CN(c1ccc(C)cc1)S(=O)(=O)c1ccc(OC)c(Br)c1. The molecule has 0 aliphatic rings. The number of halogens is 2. The van der Waals surface area contributed by atoms with E-state index in [4.69, 9.17) is 4.74 Å². The predicted octanol–water partition coefficient (Wildman–Crippen LogP) is 4.26. The molecular weight excluding hydrogens is 577 g/mol. The first-order valence-electron chi connectivity index (χ1n) is 11.7. The number of anilines is 1. The molecule has 0 radical (unpaired) electrons. The fourth-order valence-electron chi connectivity index (χ4n) is 3.78. The second-order valence-corrected chi connectivity index (χ2v) is 11.3. The van der Waals surface area contributed by atoms with Crippen LogP contribution in [0.3, 0.4) is 0 Å². The highest BCUT2D eigenvalue weighted by Gasteiger charge is 2.33. The lowest BCUT2D eigenvalue weighted by Crippen LogP contribution is -2.50. The molecule has 0 aliphatic carbocycles. The number of nitrogens with one attached hydrogen (secondary N) is 1. The standard InChI is InChI=1S/C27H29BrFN3O5S/c1-18-9-11-21(12-10-18)32(38(35,36)22-13-14-25(37-4)23(28)15-22)17-26(33)31(19(2)27(34)30-3)16-20-7-5-6-8-24(20)29/h5-15,19H,16-17H2,1-4H3,(H,30,34). The molecule has 0 spiro atoms. The van der Waals surface area contributed by atoms with Crippen molar-refractivity contribution in [3.8, 4) is 5.75 Å². The maximum absolute atomic E-state index is 14.5. The van der Waals surface area contributed by atoms with Gasteiger partial charge in [-0.15, -0.1) is 0 Å². The van der Waals surface area contributed by atoms with Crippen molar-refractivity contribution in [2.75, 3.05) is 25.0 Å². The molecule has 38 heavy (non-hydrogen) atoms. The number of nitrogens with zero attached hydrogens (tertiary/aromatic N) is 2. The van der Waals surface area contributed by atoms with Gasteiger partial charge in [-0.3, -0.25) is 13.9 Å². The first kappa shape index (κ1) is 29.1. The number of likely N-dealkylation sites (N-methyl/N-ethyl adjacent to an activating group) is 1. The van der Waals surface area contributed by atoms with Crippen LogP contribution in [0.25, 0.3) is 0 Å². The summed E-state index contributed by atoms with van der Waals surface area (Å²) < 4.78 is 48.8. The Balaban J connectivity index is 2.06. The fourth-order valence-corrected chi connectivity index (χ4v) is 5.91. The molecule has 0 heterocycles. The van der Waals surface area contributed by atoms with Crippen molar-refractivity contribution >= 4 is 43.5 Å². The summed E-state index contributed by atoms with van der Waals surface area (Å²) in [6.45, 7) is 2.51. The Labute approximate surface area is 230 Å². The first-order valence-corrected chi connectivity index (χ1v) is 13.9. The molecule has 0 aliphatic heterocycles. The Bertz CT molecular complexity index is 1420. The molecule has 3 aromatic rings. The van der Waals surface area contributed by atoms with Crippen molar-refractivity contribution in [2.24, 2.45) is 0 Å². The van der Waals surface area contributed by atoms with Crippen molar-refractivity contribution < 1.29 is 27.1 Å². The van der Waals surface area contributed by atoms with Gasteiger partial charge in [-0.2, -0.15) is 0 Å². The van der Waals surface area contributed by atoms with Crippen LogP contribution >= 0.6 is 15.9 Å². The van der Waals surface area contributed by atoms with Gasteiger partial charge < -0.3 is 15.0 Å². The largest absolute Gasteiger partial charge is 0.496 e. The highest BCUT2D eigenvalue weighted by atomic mass is 79.9. The van der Waals surface area contributed by atoms with Crippen LogP contribution in [0.1, 0.15) is 18.1 Å². The predicted molar refractivity (Wildman–Crippen MR) is 147 cm³/mol. The number of amides is 2. The van der Waals surface area contributed by atoms with Gasteiger partial charge in [0.25, 0.3) is 10.0 Å². The zero-order chi connectivity index (χ0) is 28.0. The molecule has 1 unspecified atom stereocenters. The molecule has 0 saturated carbocycles. The van der Waals surface area contributed by atoms with E-state index in [9.17, 15) is 22.4 Å². The fraction of sp³-hybridized carbons (Fsp3) is 0.259. The molecule has 3 rings (SSSR count). The normalized spacial score (nSPS) is 11.9. The molecule has 0 saturated heterocycles. The molecule has 8 nitrogen and oxygen atoms in total. The van der Waals surface area contributed by atoms with Crippen LogP contribution in [0.4, 0.5) is 10.1 Å². The van der Waals surface area contributed by atoms with E-state index in [1.165, 1.54) is 57.5 Å². The van der Waals surface area contributed by atoms with Crippen LogP contribution in [0.5, 0.6) is 5.75 Å². The summed E-state index contributed by atoms with van der Waals surface area (Å²) in [5.41, 5.74) is 1.36. The zero-order valence-corrected chi connectivity index (χ0v) is 23.8. The summed E-state index contributed by atoms with van der Waals surface area (Å²) in [5.74, 6) is -1.25. The summed E-state index contributed by atoms with van der Waals surface area (Å²) in [6.07, 6.45) is 0. The van der Waals surface area contributed by atoms with Crippen LogP contribution in [0, 0.1) is 12.7 Å². The number of sulfonamides is 1. The molecule has 0 aromatic heterocycles. The summed E-state index contributed by atoms with van der Waals surface area (Å²) in [6, 6.07) is 15.9. The smallest absolute Gasteiger partial charge is 0.264 e. The van der Waals surface area contributed by atoms with E-state index in [2.05, 4.69) is 21.2 Å². The van der Waals surface area contributed by atoms with Crippen LogP contribution < -0.4 is 14.4 Å². The van der Waals surface area contributed by atoms with Gasteiger partial charge in [0.2, 0.25) is 11.8 Å². The minimum absolute atomic E-state index is 0.0708. The maximum Gasteiger partial charge on any atom is 0.264 e. The Kier molecular flexibility index (Phi) is 9.50. The van der Waals surface area contributed by atoms with E-state index in [-0.39, 0.29) is 22.7 Å². The molecule has 11 heteroatoms. The van der Waals surface area contributed by atoms with Gasteiger partial charge in [-0.05, 0) is 66.2 Å². The third-order valence-corrected chi connectivity index (χ3v) is 8.41. The van der Waals surface area contributed by atoms with Crippen molar-refractivity contribution in [2.45, 2.75) is 31.3 Å². The summed E-state index contributed by atoms with van der Waals surface area (Å²) in [4.78, 5) is 27.3. The average molecular weight is 607 g/mol. The van der Waals surface area contributed by atoms with Gasteiger partial charge in [0.1, 0.15) is 24.2 Å². The van der Waals surface area contributed by atoms with Gasteiger partial charge in [-0.1, -0.05) is 35.9 Å². The Morgan fingerprint density at radius 1 is 1.08 bits per heavy atom. The highest BCUT2D eigenvalue weighted by Crippen LogP contribution is 2.31. The summed E-state index contributed by atoms with van der Waals surface area (Å²) in [7, 11) is -1.36. The molecule has 3 aromatic carbocycles. The number of hydrogen-bond donors (Lipinski definition) is 1. The molecule has 0 bridgehead atoms. The lowest BCUT2D eigenvalue weighted by atomic mass is 10.1. The van der Waals surface area contributed by atoms with Gasteiger partial charge >= 0.3 is 0 Å². The average Bonchev–Trinajstić information content (AvgIpc) is 2.90. The molecular formula is C27H29BrFN3O5S. The van der Waals surface area contributed by atoms with Crippen molar-refractivity contribution in [3.05, 3.63) is 88.1 Å². The minimum Gasteiger partial charge on any atom is -0.496 e. The van der Waals surface area contributed by atoms with Crippen LogP contribution in [0.15, 0.2) is 76.1 Å². The van der Waals surface area contributed by atoms with E-state index >= 15 is 0 Å². The maximum atomic E-state index is 14.5. The van der Waals surface area contributed by atoms with Gasteiger partial charge in [-0.25, -0.2) is 12.8 Å². The first-order chi connectivity index (χ1) is 18.0. The van der Waals surface area contributed by atoms with E-state index in [0.717, 1.165) is 14.8 Å². The second-order valence-electron chi connectivity index (χ2n) is 8.55. The van der Waals surface area contributed by atoms with Crippen molar-refractivity contribution in [3.63, 3.8) is 0 Å². The Hall–Kier alpha value is -3.44. The lowest BCUT2D eigenvalue weighted by Gasteiger charge is -2.32. The number of aryl methyl sites for hydroxylation is 1. The van der Waals surface area contributed by atoms with Crippen molar-refractivity contribution in [1.82, 2.24) is 10.2 Å². The second kappa shape index (κ2) is 12.4. The van der Waals surface area contributed by atoms with Gasteiger partial charge in [0, 0.05) is 19.2 Å². The van der Waals surface area contributed by atoms with E-state index in [1.54, 1.807) is 30.3 Å². The molecule has 1 N–H and O–H groups in total. The number of carbonyl (C=O) groups excluding carboxylic acids is 2. The van der Waals surface area contributed by atoms with E-state index in [0.29, 0.717) is 10.2 Å². The zero-order valence-electron chi connectivity index (χ0n) is 21.4. The number of methoxy groups -OCH3 is 1. The molecule has 0 fully saturated rings. The Morgan fingerprint density at radius 3 is 2.32 bits per heavy atom. The number of carbonyl (C=O) groups is 2. The summed E-state index contributed by atoms with van der Waals surface area (Å²) in [5, 5.41) is 2.49.